The van der Waals surface area contributed by atoms with E-state index in [0.717, 1.165) is 9.26 Å². The van der Waals surface area contributed by atoms with Gasteiger partial charge in [0.1, 0.15) is 5.82 Å². The second-order valence-electron chi connectivity index (χ2n) is 3.90. The molecule has 0 aliphatic heterocycles. The molecule has 0 aliphatic carbocycles. The third kappa shape index (κ3) is 2.58. The van der Waals surface area contributed by atoms with Gasteiger partial charge >= 0.3 is 0 Å². The zero-order valence-electron chi connectivity index (χ0n) is 10.0. The smallest absolute Gasteiger partial charge is 0.146 e. The number of para-hydroxylation sites is 1. The van der Waals surface area contributed by atoms with Gasteiger partial charge in [-0.05, 0) is 59.8 Å². The van der Waals surface area contributed by atoms with E-state index in [9.17, 15) is 4.39 Å². The summed E-state index contributed by atoms with van der Waals surface area (Å²) in [4.78, 5) is 1.88. The van der Waals surface area contributed by atoms with Crippen LogP contribution < -0.4 is 10.6 Å². The first-order valence-corrected chi connectivity index (χ1v) is 6.78. The molecule has 0 radical (unpaired) electrons. The van der Waals surface area contributed by atoms with Crippen LogP contribution in [0.2, 0.25) is 0 Å². The van der Waals surface area contributed by atoms with Crippen LogP contribution in [0.15, 0.2) is 42.5 Å². The fourth-order valence-corrected chi connectivity index (χ4v) is 2.43. The van der Waals surface area contributed by atoms with Gasteiger partial charge in [0.2, 0.25) is 0 Å². The third-order valence-corrected chi connectivity index (χ3v) is 3.41. The van der Waals surface area contributed by atoms with E-state index in [0.29, 0.717) is 17.9 Å². The van der Waals surface area contributed by atoms with Gasteiger partial charge in [-0.1, -0.05) is 12.1 Å². The molecular formula is C14H14FIN2. The minimum absolute atomic E-state index is 0.239. The zero-order valence-corrected chi connectivity index (χ0v) is 12.2. The maximum atomic E-state index is 13.8. The number of nitrogens with zero attached hydrogens (tertiary/aromatic N) is 1. The Bertz CT molecular complexity index is 557. The van der Waals surface area contributed by atoms with Crippen LogP contribution in [0.3, 0.4) is 0 Å². The number of hydrogen-bond donors (Lipinski definition) is 1. The summed E-state index contributed by atoms with van der Waals surface area (Å²) in [5.74, 6) is -0.239. The van der Waals surface area contributed by atoms with Gasteiger partial charge in [-0.25, -0.2) is 4.39 Å². The van der Waals surface area contributed by atoms with Gasteiger partial charge < -0.3 is 10.6 Å². The molecule has 0 heterocycles. The van der Waals surface area contributed by atoms with Crippen LogP contribution in [0, 0.1) is 9.39 Å². The van der Waals surface area contributed by atoms with Gasteiger partial charge in [-0.15, -0.1) is 0 Å². The molecule has 2 aromatic carbocycles. The van der Waals surface area contributed by atoms with Gasteiger partial charge in [0, 0.05) is 10.1 Å². The van der Waals surface area contributed by atoms with Gasteiger partial charge in [0.15, 0.2) is 0 Å². The van der Waals surface area contributed by atoms with Gasteiger partial charge in [0.05, 0.1) is 17.1 Å². The average molecular weight is 356 g/mol. The molecule has 0 aliphatic rings. The summed E-state index contributed by atoms with van der Waals surface area (Å²) in [5, 5.41) is 0. The summed E-state index contributed by atoms with van der Waals surface area (Å²) >= 11 is 2.21. The second kappa shape index (κ2) is 5.56. The first-order chi connectivity index (χ1) is 8.63. The molecule has 2 rings (SSSR count). The number of nitrogens with two attached hydrogens (primary N) is 1. The quantitative estimate of drug-likeness (QED) is 0.661. The second-order valence-corrected chi connectivity index (χ2v) is 5.14. The number of halogens is 2. The van der Waals surface area contributed by atoms with E-state index in [4.69, 9.17) is 5.73 Å². The van der Waals surface area contributed by atoms with E-state index < -0.39 is 0 Å². The lowest BCUT2D eigenvalue weighted by Crippen LogP contribution is -2.18. The van der Waals surface area contributed by atoms with Crippen LogP contribution in [0.5, 0.6) is 0 Å². The van der Waals surface area contributed by atoms with Crippen LogP contribution in [0.1, 0.15) is 6.92 Å². The molecule has 18 heavy (non-hydrogen) atoms. The molecule has 0 saturated heterocycles. The Morgan fingerprint density at radius 1 is 1.17 bits per heavy atom. The van der Waals surface area contributed by atoms with E-state index in [2.05, 4.69) is 22.6 Å². The Kier molecular flexibility index (Phi) is 4.06. The number of rotatable bonds is 3. The maximum Gasteiger partial charge on any atom is 0.146 e. The summed E-state index contributed by atoms with van der Waals surface area (Å²) < 4.78 is 14.9. The number of hydrogen-bond acceptors (Lipinski definition) is 2. The van der Waals surface area contributed by atoms with Crippen molar-refractivity contribution in [3.8, 4) is 0 Å². The van der Waals surface area contributed by atoms with E-state index in [1.165, 1.54) is 6.07 Å². The number of anilines is 3. The topological polar surface area (TPSA) is 29.3 Å². The van der Waals surface area contributed by atoms with Crippen molar-refractivity contribution in [1.82, 2.24) is 0 Å². The molecule has 2 N–H and O–H groups in total. The molecule has 0 bridgehead atoms. The van der Waals surface area contributed by atoms with Gasteiger partial charge in [0.25, 0.3) is 0 Å². The molecule has 0 saturated carbocycles. The van der Waals surface area contributed by atoms with E-state index in [-0.39, 0.29) is 5.82 Å². The highest BCUT2D eigenvalue weighted by Gasteiger charge is 2.13. The molecule has 0 atom stereocenters. The predicted octanol–water partition coefficient (Wildman–Crippen LogP) is 4.17. The Hall–Kier alpha value is -1.30. The van der Waals surface area contributed by atoms with E-state index in [1.807, 2.05) is 36.1 Å². The molecule has 4 heteroatoms. The van der Waals surface area contributed by atoms with E-state index >= 15 is 0 Å². The zero-order chi connectivity index (χ0) is 13.1. The van der Waals surface area contributed by atoms with Crippen molar-refractivity contribution in [2.24, 2.45) is 0 Å². The average Bonchev–Trinajstić information content (AvgIpc) is 2.34. The highest BCUT2D eigenvalue weighted by Crippen LogP contribution is 2.32. The first-order valence-electron chi connectivity index (χ1n) is 5.70. The Morgan fingerprint density at radius 2 is 1.89 bits per heavy atom. The Morgan fingerprint density at radius 3 is 2.50 bits per heavy atom. The minimum Gasteiger partial charge on any atom is -0.397 e. The van der Waals surface area contributed by atoms with Gasteiger partial charge in [-0.2, -0.15) is 0 Å². The van der Waals surface area contributed by atoms with Crippen molar-refractivity contribution in [2.75, 3.05) is 17.2 Å². The lowest BCUT2D eigenvalue weighted by Gasteiger charge is -2.25. The van der Waals surface area contributed by atoms with Crippen LogP contribution in [0.4, 0.5) is 21.5 Å². The van der Waals surface area contributed by atoms with Crippen molar-refractivity contribution in [1.29, 1.82) is 0 Å². The summed E-state index contributed by atoms with van der Waals surface area (Å²) in [6.45, 7) is 2.63. The Labute approximate surface area is 120 Å². The molecule has 2 nitrogen and oxygen atoms in total. The highest BCUT2D eigenvalue weighted by atomic mass is 127. The summed E-state index contributed by atoms with van der Waals surface area (Å²) in [5.41, 5.74) is 8.06. The fraction of sp³-hybridized carbons (Fsp3) is 0.143. The van der Waals surface area contributed by atoms with Gasteiger partial charge in [-0.3, -0.25) is 0 Å². The monoisotopic (exact) mass is 356 g/mol. The first kappa shape index (κ1) is 13.1. The van der Waals surface area contributed by atoms with Crippen molar-refractivity contribution in [3.63, 3.8) is 0 Å². The van der Waals surface area contributed by atoms with Crippen molar-refractivity contribution < 1.29 is 4.39 Å². The molecule has 94 valence electrons. The van der Waals surface area contributed by atoms with Crippen molar-refractivity contribution >= 4 is 39.7 Å². The largest absolute Gasteiger partial charge is 0.397 e. The lowest BCUT2D eigenvalue weighted by molar-refractivity contribution is 0.626. The predicted molar refractivity (Wildman–Crippen MR) is 82.7 cm³/mol. The third-order valence-electron chi connectivity index (χ3n) is 2.74. The van der Waals surface area contributed by atoms with Crippen molar-refractivity contribution in [3.05, 3.63) is 51.9 Å². The normalized spacial score (nSPS) is 10.4. The molecule has 0 aromatic heterocycles. The van der Waals surface area contributed by atoms with E-state index in [1.54, 1.807) is 12.1 Å². The minimum atomic E-state index is -0.239. The van der Waals surface area contributed by atoms with Crippen molar-refractivity contribution in [2.45, 2.75) is 6.92 Å². The summed E-state index contributed by atoms with van der Waals surface area (Å²) in [6, 6.07) is 12.5. The maximum absolute atomic E-state index is 13.8. The molecular weight excluding hydrogens is 342 g/mol. The molecule has 0 fully saturated rings. The highest BCUT2D eigenvalue weighted by molar-refractivity contribution is 14.1. The van der Waals surface area contributed by atoms with Crippen LogP contribution in [0.25, 0.3) is 0 Å². The summed E-state index contributed by atoms with van der Waals surface area (Å²) in [7, 11) is 0. The van der Waals surface area contributed by atoms with Crippen LogP contribution >= 0.6 is 22.6 Å². The number of nitrogen functional groups attached to an aromatic ring is 1. The number of benzene rings is 2. The fourth-order valence-electron chi connectivity index (χ4n) is 1.91. The molecule has 0 unspecified atom stereocenters. The lowest BCUT2D eigenvalue weighted by atomic mass is 10.2. The molecule has 0 amide bonds. The standard InChI is InChI=1S/C14H14FIN2/c1-2-18(13-6-4-3-5-11(13)15)14-8-7-10(16)9-12(14)17/h3-9H,2,17H2,1H3. The summed E-state index contributed by atoms with van der Waals surface area (Å²) in [6.07, 6.45) is 0. The van der Waals surface area contributed by atoms with Crippen LogP contribution in [-0.4, -0.2) is 6.54 Å². The molecule has 2 aromatic rings. The Balaban J connectivity index is 2.49. The SMILES string of the molecule is CCN(c1ccc(I)cc1N)c1ccccc1F. The molecule has 0 spiro atoms. The van der Waals surface area contributed by atoms with Crippen LogP contribution in [-0.2, 0) is 0 Å².